The first-order valence-corrected chi connectivity index (χ1v) is 15.6. The third-order valence-electron chi connectivity index (χ3n) is 9.91. The molecule has 4 heterocycles. The first kappa shape index (κ1) is 28.3. The monoisotopic (exact) mass is 565 g/mol. The van der Waals surface area contributed by atoms with E-state index in [1.54, 1.807) is 6.07 Å². The Morgan fingerprint density at radius 1 is 1.07 bits per heavy atom. The molecule has 9 heteroatoms. The lowest BCUT2D eigenvalue weighted by atomic mass is 9.95. The van der Waals surface area contributed by atoms with Crippen LogP contribution in [-0.4, -0.2) is 77.3 Å². The highest BCUT2D eigenvalue weighted by molar-refractivity contribution is 5.96. The Hall–Kier alpha value is -2.78. The molecule has 4 fully saturated rings. The second-order valence-corrected chi connectivity index (χ2v) is 12.7. The third kappa shape index (κ3) is 6.07. The fourth-order valence-corrected chi connectivity index (χ4v) is 7.64. The fourth-order valence-electron chi connectivity index (χ4n) is 7.64. The first-order valence-electron chi connectivity index (χ1n) is 15.6. The molecule has 1 aromatic carbocycles. The summed E-state index contributed by atoms with van der Waals surface area (Å²) >= 11 is 0. The van der Waals surface area contributed by atoms with Crippen LogP contribution in [0.4, 0.5) is 4.39 Å². The summed E-state index contributed by atoms with van der Waals surface area (Å²) in [6.45, 7) is 9.35. The van der Waals surface area contributed by atoms with Crippen LogP contribution in [-0.2, 0) is 9.53 Å². The molecule has 0 bridgehead atoms. The molecule has 1 saturated carbocycles. The summed E-state index contributed by atoms with van der Waals surface area (Å²) in [4.78, 5) is 31.1. The van der Waals surface area contributed by atoms with Crippen molar-refractivity contribution in [2.75, 3.05) is 45.9 Å². The van der Waals surface area contributed by atoms with Gasteiger partial charge in [0.15, 0.2) is 0 Å². The molecule has 0 radical (unpaired) electrons. The molecular weight excluding hydrogens is 521 g/mol. The lowest BCUT2D eigenvalue weighted by molar-refractivity contribution is -0.125. The molecule has 2 amide bonds. The van der Waals surface area contributed by atoms with Crippen LogP contribution in [0.2, 0.25) is 0 Å². The first-order chi connectivity index (χ1) is 19.9. The zero-order chi connectivity index (χ0) is 28.5. The van der Waals surface area contributed by atoms with E-state index in [9.17, 15) is 14.0 Å². The van der Waals surface area contributed by atoms with Crippen molar-refractivity contribution >= 4 is 11.8 Å². The number of rotatable bonds is 8. The van der Waals surface area contributed by atoms with Crippen molar-refractivity contribution in [1.29, 1.82) is 0 Å². The lowest BCUT2D eigenvalue weighted by Gasteiger charge is -2.26. The van der Waals surface area contributed by atoms with Gasteiger partial charge in [0.1, 0.15) is 5.82 Å². The van der Waals surface area contributed by atoms with E-state index < -0.39 is 0 Å². The van der Waals surface area contributed by atoms with Gasteiger partial charge in [-0.1, -0.05) is 31.4 Å². The van der Waals surface area contributed by atoms with E-state index in [0.29, 0.717) is 37.5 Å². The molecule has 1 N–H and O–H groups in total. The summed E-state index contributed by atoms with van der Waals surface area (Å²) in [5.41, 5.74) is 3.47. The number of fused-ring (bicyclic) bond motifs is 1. The summed E-state index contributed by atoms with van der Waals surface area (Å²) in [7, 11) is 0. The van der Waals surface area contributed by atoms with E-state index in [1.807, 2.05) is 17.9 Å². The normalized spacial score (nSPS) is 25.9. The van der Waals surface area contributed by atoms with Gasteiger partial charge in [-0.15, -0.1) is 0 Å². The van der Waals surface area contributed by atoms with Crippen molar-refractivity contribution in [3.63, 3.8) is 0 Å². The second kappa shape index (κ2) is 12.2. The highest BCUT2D eigenvalue weighted by atomic mass is 19.1. The third-order valence-corrected chi connectivity index (χ3v) is 9.91. The molecule has 4 aliphatic rings. The van der Waals surface area contributed by atoms with Crippen molar-refractivity contribution in [1.82, 2.24) is 24.9 Å². The van der Waals surface area contributed by atoms with Gasteiger partial charge in [-0.05, 0) is 69.1 Å². The zero-order valence-electron chi connectivity index (χ0n) is 24.5. The molecule has 8 nitrogen and oxygen atoms in total. The lowest BCUT2D eigenvalue weighted by Crippen LogP contribution is -2.37. The number of carbonyl (C=O) groups excluding carboxylic acids is 2. The molecule has 1 aromatic heterocycles. The van der Waals surface area contributed by atoms with Crippen molar-refractivity contribution in [3.8, 4) is 0 Å². The SMILES string of the molecule is Cc1nn(C2CCCCC2)c(C)c1C(=O)N1CC2CN(CCC(NC(=O)C3CCOC3)c3cccc(F)c3)C[C@H]2C1. The van der Waals surface area contributed by atoms with Crippen LogP contribution < -0.4 is 5.32 Å². The Morgan fingerprint density at radius 2 is 1.83 bits per heavy atom. The molecule has 3 saturated heterocycles. The Kier molecular flexibility index (Phi) is 8.45. The number of nitrogens with zero attached hydrogens (tertiary/aromatic N) is 4. The van der Waals surface area contributed by atoms with Gasteiger partial charge in [0, 0.05) is 45.0 Å². The van der Waals surface area contributed by atoms with E-state index in [-0.39, 0.29) is 29.6 Å². The van der Waals surface area contributed by atoms with Crippen LogP contribution in [0.1, 0.15) is 84.3 Å². The fraction of sp³-hybridized carbons (Fsp3) is 0.656. The number of carbonyl (C=O) groups is 2. The van der Waals surface area contributed by atoms with Crippen LogP contribution in [0, 0.1) is 37.4 Å². The molecule has 41 heavy (non-hydrogen) atoms. The maximum atomic E-state index is 14.1. The average molecular weight is 566 g/mol. The predicted octanol–water partition coefficient (Wildman–Crippen LogP) is 4.43. The quantitative estimate of drug-likeness (QED) is 0.512. The summed E-state index contributed by atoms with van der Waals surface area (Å²) in [6, 6.07) is 6.73. The van der Waals surface area contributed by atoms with Gasteiger partial charge in [0.2, 0.25) is 5.91 Å². The van der Waals surface area contributed by atoms with E-state index in [0.717, 1.165) is 74.5 Å². The highest BCUT2D eigenvalue weighted by Gasteiger charge is 2.42. The molecule has 3 unspecified atom stereocenters. The predicted molar refractivity (Wildman–Crippen MR) is 154 cm³/mol. The molecule has 0 spiro atoms. The Balaban J connectivity index is 1.05. The number of halogens is 1. The largest absolute Gasteiger partial charge is 0.381 e. The maximum absolute atomic E-state index is 14.1. The molecule has 1 aliphatic carbocycles. The number of benzene rings is 1. The molecule has 2 aromatic rings. The molecular formula is C32H44FN5O3. The molecule has 3 aliphatic heterocycles. The number of likely N-dealkylation sites (tertiary alicyclic amines) is 2. The van der Waals surface area contributed by atoms with Gasteiger partial charge in [0.25, 0.3) is 5.91 Å². The molecule has 6 rings (SSSR count). The average Bonchev–Trinajstić information content (AvgIpc) is 3.75. The number of aromatic nitrogens is 2. The number of hydrogen-bond donors (Lipinski definition) is 1. The van der Waals surface area contributed by atoms with E-state index in [1.165, 1.54) is 31.4 Å². The van der Waals surface area contributed by atoms with Crippen molar-refractivity contribution in [2.24, 2.45) is 17.8 Å². The second-order valence-electron chi connectivity index (χ2n) is 12.7. The highest BCUT2D eigenvalue weighted by Crippen LogP contribution is 2.35. The van der Waals surface area contributed by atoms with Crippen molar-refractivity contribution < 1.29 is 18.7 Å². The number of ether oxygens (including phenoxy) is 1. The van der Waals surface area contributed by atoms with Crippen molar-refractivity contribution in [2.45, 2.75) is 70.9 Å². The summed E-state index contributed by atoms with van der Waals surface area (Å²) in [5.74, 6) is 0.593. The maximum Gasteiger partial charge on any atom is 0.257 e. The van der Waals surface area contributed by atoms with Gasteiger partial charge in [-0.3, -0.25) is 14.3 Å². The van der Waals surface area contributed by atoms with E-state index in [2.05, 4.69) is 21.8 Å². The van der Waals surface area contributed by atoms with Gasteiger partial charge < -0.3 is 19.9 Å². The molecule has 4 atom stereocenters. The number of amides is 2. The van der Waals surface area contributed by atoms with Crippen molar-refractivity contribution in [3.05, 3.63) is 52.6 Å². The Bertz CT molecular complexity index is 1240. The topological polar surface area (TPSA) is 79.7 Å². The Morgan fingerprint density at radius 3 is 2.51 bits per heavy atom. The minimum Gasteiger partial charge on any atom is -0.381 e. The van der Waals surface area contributed by atoms with Gasteiger partial charge in [-0.2, -0.15) is 5.10 Å². The number of aryl methyl sites for hydroxylation is 1. The van der Waals surface area contributed by atoms with Crippen LogP contribution in [0.25, 0.3) is 0 Å². The summed E-state index contributed by atoms with van der Waals surface area (Å²) < 4.78 is 21.6. The van der Waals surface area contributed by atoms with E-state index in [4.69, 9.17) is 9.84 Å². The zero-order valence-corrected chi connectivity index (χ0v) is 24.5. The number of nitrogens with one attached hydrogen (secondary N) is 1. The van der Waals surface area contributed by atoms with Gasteiger partial charge in [-0.25, -0.2) is 4.39 Å². The summed E-state index contributed by atoms with van der Waals surface area (Å²) in [6.07, 6.45) is 7.52. The summed E-state index contributed by atoms with van der Waals surface area (Å²) in [5, 5.41) is 8.01. The van der Waals surface area contributed by atoms with Gasteiger partial charge >= 0.3 is 0 Å². The van der Waals surface area contributed by atoms with Crippen LogP contribution in [0.15, 0.2) is 24.3 Å². The standard InChI is InChI=1S/C32H44FN5O3/c1-21-30(22(2)38(35-21)28-9-4-3-5-10-28)32(40)37-18-25-16-36(17-26(25)19-37)13-11-29(23-7-6-8-27(33)15-23)34-31(39)24-12-14-41-20-24/h6-8,15,24-26,28-29H,3-5,9-14,16-20H2,1-2H3,(H,34,39)/t24?,25-,26?,29?/m0/s1. The number of hydrogen-bond acceptors (Lipinski definition) is 5. The van der Waals surface area contributed by atoms with Crippen LogP contribution in [0.5, 0.6) is 0 Å². The smallest absolute Gasteiger partial charge is 0.257 e. The minimum atomic E-state index is -0.291. The van der Waals surface area contributed by atoms with E-state index >= 15 is 0 Å². The molecule has 222 valence electrons. The van der Waals surface area contributed by atoms with Crippen LogP contribution in [0.3, 0.4) is 0 Å². The van der Waals surface area contributed by atoms with Gasteiger partial charge in [0.05, 0.1) is 35.9 Å². The van der Waals surface area contributed by atoms with Crippen LogP contribution >= 0.6 is 0 Å². The minimum absolute atomic E-state index is 0.0124. The Labute approximate surface area is 242 Å².